The zero-order valence-corrected chi connectivity index (χ0v) is 20.6. The fourth-order valence-electron chi connectivity index (χ4n) is 8.64. The molecule has 0 amide bonds. The lowest BCUT2D eigenvalue weighted by Gasteiger charge is -2.62. The lowest BCUT2D eigenvalue weighted by atomic mass is 9.43. The summed E-state index contributed by atoms with van der Waals surface area (Å²) in [5.41, 5.74) is -0.843. The van der Waals surface area contributed by atoms with Crippen molar-refractivity contribution in [3.8, 4) is 0 Å². The van der Waals surface area contributed by atoms with Crippen LogP contribution < -0.4 is 0 Å². The molecule has 0 heterocycles. The van der Waals surface area contributed by atoms with Crippen molar-refractivity contribution in [1.82, 2.24) is 0 Å². The molecule has 0 unspecified atom stereocenters. The Balaban J connectivity index is 1.70. The normalized spacial score (nSPS) is 46.2. The van der Waals surface area contributed by atoms with Crippen molar-refractivity contribution in [1.29, 1.82) is 0 Å². The number of aliphatic carboxylic acids is 1. The largest absolute Gasteiger partial charge is 0.481 e. The summed E-state index contributed by atoms with van der Waals surface area (Å²) >= 11 is 0. The van der Waals surface area contributed by atoms with Gasteiger partial charge in [0.2, 0.25) is 0 Å². The molecule has 0 aromatic heterocycles. The van der Waals surface area contributed by atoms with Gasteiger partial charge in [-0.1, -0.05) is 20.8 Å². The first-order valence-electron chi connectivity index (χ1n) is 12.4. The molecule has 3 N–H and O–H groups in total. The summed E-state index contributed by atoms with van der Waals surface area (Å²) in [7, 11) is -4.67. The van der Waals surface area contributed by atoms with Crippen LogP contribution in [0.1, 0.15) is 78.6 Å². The van der Waals surface area contributed by atoms with Crippen LogP contribution in [0.3, 0.4) is 0 Å². The van der Waals surface area contributed by atoms with Gasteiger partial charge in [-0.3, -0.25) is 14.1 Å². The maximum absolute atomic E-state index is 13.8. The van der Waals surface area contributed by atoms with E-state index >= 15 is 0 Å². The number of ketones is 1. The Bertz CT molecular complexity index is 902. The molecular formula is C24H38O8S. The van der Waals surface area contributed by atoms with Crippen molar-refractivity contribution in [2.75, 3.05) is 0 Å². The summed E-state index contributed by atoms with van der Waals surface area (Å²) in [4.78, 5) is 24.9. The topological polar surface area (TPSA) is 138 Å². The summed E-state index contributed by atoms with van der Waals surface area (Å²) < 4.78 is 38.5. The summed E-state index contributed by atoms with van der Waals surface area (Å²) in [5.74, 6) is -0.830. The molecule has 8 nitrogen and oxygen atoms in total. The number of aliphatic hydroxyl groups is 1. The van der Waals surface area contributed by atoms with Crippen molar-refractivity contribution >= 4 is 22.2 Å². The van der Waals surface area contributed by atoms with Gasteiger partial charge in [-0.25, -0.2) is 4.18 Å². The molecule has 4 aliphatic rings. The van der Waals surface area contributed by atoms with Gasteiger partial charge in [-0.2, -0.15) is 8.42 Å². The molecule has 0 aromatic carbocycles. The van der Waals surface area contributed by atoms with Crippen molar-refractivity contribution < 1.29 is 37.0 Å². The highest BCUT2D eigenvalue weighted by atomic mass is 32.3. The molecule has 4 rings (SSSR count). The van der Waals surface area contributed by atoms with Crippen LogP contribution in [0.4, 0.5) is 0 Å². The van der Waals surface area contributed by atoms with E-state index < -0.39 is 34.0 Å². The highest BCUT2D eigenvalue weighted by molar-refractivity contribution is 7.80. The number of carbonyl (C=O) groups is 2. The fourth-order valence-corrected chi connectivity index (χ4v) is 9.16. The number of hydrogen-bond donors (Lipinski definition) is 3. The SMILES string of the molecule is C[C@H](CCC(=O)O)[C@H]1CC[C@H]2[C@@H]3[C@H](OS(=O)(=O)O)C[C@@H]4C[C@H](O)CC[C@]4(C)[C@H]3CC(=O)[C@]12C. The molecule has 0 aliphatic heterocycles. The molecule has 0 spiro atoms. The van der Waals surface area contributed by atoms with Gasteiger partial charge in [-0.05, 0) is 85.9 Å². The third-order valence-electron chi connectivity index (χ3n) is 10.3. The predicted molar refractivity (Wildman–Crippen MR) is 119 cm³/mol. The van der Waals surface area contributed by atoms with Gasteiger partial charge in [0.15, 0.2) is 0 Å². The average Bonchev–Trinajstić information content (AvgIpc) is 3.05. The number of aliphatic hydroxyl groups excluding tert-OH is 1. The summed E-state index contributed by atoms with van der Waals surface area (Å²) in [6, 6.07) is 0. The maximum atomic E-state index is 13.8. The van der Waals surface area contributed by atoms with Gasteiger partial charge in [-0.15, -0.1) is 0 Å². The second kappa shape index (κ2) is 8.57. The van der Waals surface area contributed by atoms with E-state index in [1.807, 2.05) is 13.8 Å². The van der Waals surface area contributed by atoms with Crippen LogP contribution in [0.2, 0.25) is 0 Å². The van der Waals surface area contributed by atoms with Crippen LogP contribution in [0.5, 0.6) is 0 Å². The number of rotatable bonds is 6. The van der Waals surface area contributed by atoms with Crippen molar-refractivity contribution in [3.63, 3.8) is 0 Å². The molecule has 0 radical (unpaired) electrons. The zero-order chi connectivity index (χ0) is 24.3. The monoisotopic (exact) mass is 486 g/mol. The van der Waals surface area contributed by atoms with E-state index in [9.17, 15) is 27.7 Å². The molecule has 188 valence electrons. The molecule has 9 heteroatoms. The highest BCUT2D eigenvalue weighted by Crippen LogP contribution is 2.67. The molecule has 4 fully saturated rings. The van der Waals surface area contributed by atoms with E-state index in [2.05, 4.69) is 6.92 Å². The Morgan fingerprint density at radius 3 is 2.52 bits per heavy atom. The van der Waals surface area contributed by atoms with Crippen LogP contribution in [-0.2, 0) is 24.2 Å². The molecule has 0 saturated heterocycles. The Morgan fingerprint density at radius 2 is 1.88 bits per heavy atom. The van der Waals surface area contributed by atoms with Crippen LogP contribution >= 0.6 is 0 Å². The van der Waals surface area contributed by atoms with Gasteiger partial charge in [0.25, 0.3) is 0 Å². The molecule has 10 atom stereocenters. The van der Waals surface area contributed by atoms with Gasteiger partial charge in [0, 0.05) is 18.3 Å². The van der Waals surface area contributed by atoms with E-state index in [1.54, 1.807) is 0 Å². The number of carboxylic acid groups (broad SMARTS) is 1. The first-order chi connectivity index (χ1) is 15.3. The van der Waals surface area contributed by atoms with Crippen molar-refractivity contribution in [2.45, 2.75) is 90.8 Å². The number of hydrogen-bond acceptors (Lipinski definition) is 6. The Labute approximate surface area is 196 Å². The average molecular weight is 487 g/mol. The quantitative estimate of drug-likeness (QED) is 0.485. The predicted octanol–water partition coefficient (Wildman–Crippen LogP) is 3.48. The molecule has 33 heavy (non-hydrogen) atoms. The third kappa shape index (κ3) is 4.28. The summed E-state index contributed by atoms with van der Waals surface area (Å²) in [5, 5.41) is 19.4. The summed E-state index contributed by atoms with van der Waals surface area (Å²) in [6.07, 6.45) is 3.76. The Hall–Kier alpha value is -1.03. The van der Waals surface area contributed by atoms with E-state index in [4.69, 9.17) is 9.29 Å². The second-order valence-electron chi connectivity index (χ2n) is 11.7. The smallest absolute Gasteiger partial charge is 0.397 e. The minimum Gasteiger partial charge on any atom is -0.481 e. The first-order valence-corrected chi connectivity index (χ1v) is 13.7. The molecule has 0 aromatic rings. The van der Waals surface area contributed by atoms with E-state index in [-0.39, 0.29) is 53.1 Å². The van der Waals surface area contributed by atoms with E-state index in [0.717, 1.165) is 19.3 Å². The maximum Gasteiger partial charge on any atom is 0.397 e. The minimum atomic E-state index is -4.67. The van der Waals surface area contributed by atoms with Gasteiger partial charge < -0.3 is 10.2 Å². The minimum absolute atomic E-state index is 0.0260. The van der Waals surface area contributed by atoms with Crippen molar-refractivity contribution in [2.24, 2.45) is 46.3 Å². The van der Waals surface area contributed by atoms with E-state index in [1.165, 1.54) is 0 Å². The van der Waals surface area contributed by atoms with Gasteiger partial charge >= 0.3 is 16.4 Å². The lowest BCUT2D eigenvalue weighted by Crippen LogP contribution is -2.62. The molecule has 4 saturated carbocycles. The van der Waals surface area contributed by atoms with Crippen molar-refractivity contribution in [3.05, 3.63) is 0 Å². The molecule has 0 bridgehead atoms. The Kier molecular flexibility index (Phi) is 6.51. The first kappa shape index (κ1) is 25.1. The zero-order valence-electron chi connectivity index (χ0n) is 19.8. The second-order valence-corrected chi connectivity index (χ2v) is 12.8. The van der Waals surface area contributed by atoms with Crippen LogP contribution in [0, 0.1) is 46.3 Å². The number of fused-ring (bicyclic) bond motifs is 5. The summed E-state index contributed by atoms with van der Waals surface area (Å²) in [6.45, 7) is 6.20. The van der Waals surface area contributed by atoms with Gasteiger partial charge in [0.1, 0.15) is 5.78 Å². The van der Waals surface area contributed by atoms with Crippen LogP contribution in [-0.4, -0.2) is 47.1 Å². The van der Waals surface area contributed by atoms with Crippen LogP contribution in [0.15, 0.2) is 0 Å². The third-order valence-corrected chi connectivity index (χ3v) is 10.8. The standard InChI is InChI=1S/C24H38O8S/c1-13(4-7-21(27)28)16-5-6-17-22-18(12-20(26)24(16,17)3)23(2)9-8-15(25)10-14(23)11-19(22)32-33(29,30)31/h13-19,22,25H,4-12H2,1-3H3,(H,27,28)(H,29,30,31)/t13-,14+,15-,16-,17+,18+,19-,22+,23+,24-/m1/s1. The Morgan fingerprint density at radius 1 is 1.18 bits per heavy atom. The lowest BCUT2D eigenvalue weighted by molar-refractivity contribution is -0.177. The number of Topliss-reactive ketones (excluding diaryl/α,β-unsaturated/α-hetero) is 1. The van der Waals surface area contributed by atoms with E-state index in [0.29, 0.717) is 32.1 Å². The number of carbonyl (C=O) groups excluding carboxylic acids is 1. The van der Waals surface area contributed by atoms with Crippen LogP contribution in [0.25, 0.3) is 0 Å². The molecular weight excluding hydrogens is 448 g/mol. The fraction of sp³-hybridized carbons (Fsp3) is 0.917. The van der Waals surface area contributed by atoms with Gasteiger partial charge in [0.05, 0.1) is 12.2 Å². The number of carboxylic acids is 1. The highest BCUT2D eigenvalue weighted by Gasteiger charge is 2.66. The molecule has 4 aliphatic carbocycles.